The average molecular weight is 420 g/mol. The SMILES string of the molecule is Cc1ccc(-c2nnc(SCC(=O)N(C)Cc3c(F)cccc3Cl)n2N)cc1. The summed E-state index contributed by atoms with van der Waals surface area (Å²) < 4.78 is 15.3. The molecule has 0 aliphatic carbocycles. The minimum absolute atomic E-state index is 0.0782. The molecule has 0 saturated carbocycles. The summed E-state index contributed by atoms with van der Waals surface area (Å²) >= 11 is 7.19. The second kappa shape index (κ2) is 8.62. The second-order valence-corrected chi connectivity index (χ2v) is 7.63. The maximum atomic E-state index is 13.9. The van der Waals surface area contributed by atoms with Crippen LogP contribution in [-0.4, -0.2) is 38.5 Å². The molecule has 0 bridgehead atoms. The number of nitrogens with zero attached hydrogens (tertiary/aromatic N) is 4. The first kappa shape index (κ1) is 20.2. The van der Waals surface area contributed by atoms with Crippen LogP contribution in [0.4, 0.5) is 4.39 Å². The number of nitrogen functional groups attached to an aromatic ring is 1. The molecule has 28 heavy (non-hydrogen) atoms. The van der Waals surface area contributed by atoms with E-state index in [9.17, 15) is 9.18 Å². The number of nitrogens with two attached hydrogens (primary N) is 1. The second-order valence-electron chi connectivity index (χ2n) is 6.28. The Balaban J connectivity index is 1.64. The number of halogens is 2. The first-order valence-corrected chi connectivity index (χ1v) is 9.80. The van der Waals surface area contributed by atoms with Crippen LogP contribution in [0.15, 0.2) is 47.6 Å². The average Bonchev–Trinajstić information content (AvgIpc) is 3.04. The van der Waals surface area contributed by atoms with Crippen LogP contribution < -0.4 is 5.84 Å². The van der Waals surface area contributed by atoms with E-state index < -0.39 is 5.82 Å². The molecule has 2 N–H and O–H groups in total. The summed E-state index contributed by atoms with van der Waals surface area (Å²) in [7, 11) is 1.59. The number of hydrogen-bond donors (Lipinski definition) is 1. The van der Waals surface area contributed by atoms with Gasteiger partial charge in [0.25, 0.3) is 0 Å². The molecule has 2 aromatic carbocycles. The van der Waals surface area contributed by atoms with Crippen molar-refractivity contribution in [1.29, 1.82) is 0 Å². The molecule has 6 nitrogen and oxygen atoms in total. The Morgan fingerprint density at radius 3 is 2.64 bits per heavy atom. The first-order chi connectivity index (χ1) is 13.4. The predicted molar refractivity (Wildman–Crippen MR) is 109 cm³/mol. The van der Waals surface area contributed by atoms with E-state index in [2.05, 4.69) is 10.2 Å². The van der Waals surface area contributed by atoms with Crippen molar-refractivity contribution in [3.05, 3.63) is 64.4 Å². The fourth-order valence-electron chi connectivity index (χ4n) is 2.52. The summed E-state index contributed by atoms with van der Waals surface area (Å²) in [4.78, 5) is 13.8. The Bertz CT molecular complexity index is 972. The third-order valence-corrected chi connectivity index (χ3v) is 5.46. The van der Waals surface area contributed by atoms with Gasteiger partial charge in [0.2, 0.25) is 11.1 Å². The fourth-order valence-corrected chi connectivity index (χ4v) is 3.54. The van der Waals surface area contributed by atoms with Crippen molar-refractivity contribution >= 4 is 29.3 Å². The van der Waals surface area contributed by atoms with Crippen molar-refractivity contribution in [1.82, 2.24) is 19.8 Å². The van der Waals surface area contributed by atoms with Gasteiger partial charge in [0.1, 0.15) is 5.82 Å². The molecular weight excluding hydrogens is 401 g/mol. The number of aryl methyl sites for hydroxylation is 1. The summed E-state index contributed by atoms with van der Waals surface area (Å²) in [6.07, 6.45) is 0. The van der Waals surface area contributed by atoms with Crippen LogP contribution in [0.5, 0.6) is 0 Å². The number of thioether (sulfide) groups is 1. The van der Waals surface area contributed by atoms with E-state index in [1.54, 1.807) is 13.1 Å². The largest absolute Gasteiger partial charge is 0.341 e. The predicted octanol–water partition coefficient (Wildman–Crippen LogP) is 3.51. The van der Waals surface area contributed by atoms with Crippen LogP contribution in [0.1, 0.15) is 11.1 Å². The number of amides is 1. The van der Waals surface area contributed by atoms with E-state index in [0.29, 0.717) is 11.0 Å². The van der Waals surface area contributed by atoms with Crippen molar-refractivity contribution < 1.29 is 9.18 Å². The number of hydrogen-bond acceptors (Lipinski definition) is 5. The van der Waals surface area contributed by atoms with Gasteiger partial charge in [-0.1, -0.05) is 59.3 Å². The number of carbonyl (C=O) groups excluding carboxylic acids is 1. The molecule has 3 rings (SSSR count). The van der Waals surface area contributed by atoms with Crippen LogP contribution in [-0.2, 0) is 11.3 Å². The van der Waals surface area contributed by atoms with Gasteiger partial charge in [-0.2, -0.15) is 0 Å². The van der Waals surface area contributed by atoms with Gasteiger partial charge in [0, 0.05) is 29.7 Å². The number of carbonyl (C=O) groups is 1. The minimum atomic E-state index is -0.441. The van der Waals surface area contributed by atoms with E-state index in [1.165, 1.54) is 33.5 Å². The van der Waals surface area contributed by atoms with Crippen LogP contribution in [0.3, 0.4) is 0 Å². The van der Waals surface area contributed by atoms with Gasteiger partial charge in [-0.15, -0.1) is 10.2 Å². The highest BCUT2D eigenvalue weighted by Crippen LogP contribution is 2.23. The molecule has 0 aliphatic rings. The molecule has 3 aromatic rings. The molecule has 1 heterocycles. The van der Waals surface area contributed by atoms with Crippen LogP contribution in [0, 0.1) is 12.7 Å². The molecular formula is C19H19ClFN5OS. The van der Waals surface area contributed by atoms with Gasteiger partial charge in [-0.3, -0.25) is 4.79 Å². The van der Waals surface area contributed by atoms with E-state index in [4.69, 9.17) is 17.4 Å². The van der Waals surface area contributed by atoms with E-state index in [1.807, 2.05) is 31.2 Å². The van der Waals surface area contributed by atoms with Crippen LogP contribution in [0.2, 0.25) is 5.02 Å². The molecule has 146 valence electrons. The third kappa shape index (κ3) is 4.45. The lowest BCUT2D eigenvalue weighted by Crippen LogP contribution is -2.28. The Hall–Kier alpha value is -2.58. The zero-order valence-corrected chi connectivity index (χ0v) is 17.0. The third-order valence-electron chi connectivity index (χ3n) is 4.18. The number of rotatable bonds is 6. The Morgan fingerprint density at radius 2 is 1.96 bits per heavy atom. The zero-order valence-electron chi connectivity index (χ0n) is 15.4. The van der Waals surface area contributed by atoms with Gasteiger partial charge >= 0.3 is 0 Å². The molecule has 1 aromatic heterocycles. The molecule has 9 heteroatoms. The lowest BCUT2D eigenvalue weighted by Gasteiger charge is -2.18. The quantitative estimate of drug-likeness (QED) is 0.488. The number of benzene rings is 2. The Kier molecular flexibility index (Phi) is 6.21. The molecule has 0 radical (unpaired) electrons. The van der Waals surface area contributed by atoms with E-state index in [0.717, 1.165) is 11.1 Å². The first-order valence-electron chi connectivity index (χ1n) is 8.44. The highest BCUT2D eigenvalue weighted by atomic mass is 35.5. The normalized spacial score (nSPS) is 10.9. The summed E-state index contributed by atoms with van der Waals surface area (Å²) in [5, 5.41) is 8.87. The summed E-state index contributed by atoms with van der Waals surface area (Å²) in [6, 6.07) is 12.2. The monoisotopic (exact) mass is 419 g/mol. The van der Waals surface area contributed by atoms with Gasteiger partial charge < -0.3 is 10.7 Å². The summed E-state index contributed by atoms with van der Waals surface area (Å²) in [5.41, 5.74) is 2.25. The highest BCUT2D eigenvalue weighted by Gasteiger charge is 2.17. The maximum Gasteiger partial charge on any atom is 0.233 e. The molecule has 0 spiro atoms. The van der Waals surface area contributed by atoms with Gasteiger partial charge in [-0.05, 0) is 19.1 Å². The Morgan fingerprint density at radius 1 is 1.25 bits per heavy atom. The fraction of sp³-hybridized carbons (Fsp3) is 0.211. The smallest absolute Gasteiger partial charge is 0.233 e. The standard InChI is InChI=1S/C19H19ClFN5OS/c1-12-6-8-13(9-7-12)18-23-24-19(26(18)22)28-11-17(27)25(2)10-14-15(20)4-3-5-16(14)21/h3-9H,10-11,22H2,1-2H3. The maximum absolute atomic E-state index is 13.9. The van der Waals surface area contributed by atoms with Crippen molar-refractivity contribution in [3.8, 4) is 11.4 Å². The van der Waals surface area contributed by atoms with Gasteiger partial charge in [0.05, 0.1) is 5.75 Å². The van der Waals surface area contributed by atoms with Gasteiger partial charge in [0.15, 0.2) is 5.82 Å². The zero-order chi connectivity index (χ0) is 20.3. The molecule has 1 amide bonds. The lowest BCUT2D eigenvalue weighted by atomic mass is 10.1. The minimum Gasteiger partial charge on any atom is -0.341 e. The molecule has 0 atom stereocenters. The summed E-state index contributed by atoms with van der Waals surface area (Å²) in [5.74, 6) is 6.04. The van der Waals surface area contributed by atoms with Crippen molar-refractivity contribution in [2.45, 2.75) is 18.6 Å². The molecule has 0 aliphatic heterocycles. The van der Waals surface area contributed by atoms with Gasteiger partial charge in [-0.25, -0.2) is 9.07 Å². The van der Waals surface area contributed by atoms with Crippen molar-refractivity contribution in [2.75, 3.05) is 18.6 Å². The van der Waals surface area contributed by atoms with Crippen molar-refractivity contribution in [2.24, 2.45) is 0 Å². The van der Waals surface area contributed by atoms with E-state index in [-0.39, 0.29) is 28.8 Å². The lowest BCUT2D eigenvalue weighted by molar-refractivity contribution is -0.127. The molecule has 0 fully saturated rings. The Labute approximate surface area is 171 Å². The van der Waals surface area contributed by atoms with Crippen molar-refractivity contribution in [3.63, 3.8) is 0 Å². The molecule has 0 saturated heterocycles. The highest BCUT2D eigenvalue weighted by molar-refractivity contribution is 7.99. The summed E-state index contributed by atoms with van der Waals surface area (Å²) in [6.45, 7) is 2.07. The number of aromatic nitrogens is 3. The van der Waals surface area contributed by atoms with E-state index >= 15 is 0 Å². The topological polar surface area (TPSA) is 77.0 Å². The van der Waals surface area contributed by atoms with Crippen LogP contribution in [0.25, 0.3) is 11.4 Å². The van der Waals surface area contributed by atoms with Crippen LogP contribution >= 0.6 is 23.4 Å². The molecule has 0 unspecified atom stereocenters.